The zero-order chi connectivity index (χ0) is 23.2. The van der Waals surface area contributed by atoms with Gasteiger partial charge >= 0.3 is 0 Å². The van der Waals surface area contributed by atoms with Crippen LogP contribution in [0, 0.1) is 12.7 Å². The van der Waals surface area contributed by atoms with Crippen molar-refractivity contribution in [3.05, 3.63) is 81.6 Å². The number of carbonyl (C=O) groups is 2. The molecule has 6 nitrogen and oxygen atoms in total. The number of amides is 2. The first-order chi connectivity index (χ1) is 16.0. The number of nitrogens with one attached hydrogen (secondary N) is 2. The zero-order valence-corrected chi connectivity index (χ0v) is 19.2. The molecule has 1 aliphatic carbocycles. The summed E-state index contributed by atoms with van der Waals surface area (Å²) in [6.45, 7) is 2.31. The topological polar surface area (TPSA) is 80.3 Å². The van der Waals surface area contributed by atoms with Gasteiger partial charge in [0.2, 0.25) is 0 Å². The molecule has 33 heavy (non-hydrogen) atoms. The quantitative estimate of drug-likeness (QED) is 0.531. The molecule has 0 aliphatic heterocycles. The van der Waals surface area contributed by atoms with Gasteiger partial charge in [0.15, 0.2) is 0 Å². The van der Waals surface area contributed by atoms with E-state index in [-0.39, 0.29) is 29.7 Å². The number of aromatic nitrogens is 1. The molecule has 8 heteroatoms. The minimum Gasteiger partial charge on any atom is -0.486 e. The van der Waals surface area contributed by atoms with E-state index in [9.17, 15) is 14.0 Å². The van der Waals surface area contributed by atoms with Crippen molar-refractivity contribution in [3.63, 3.8) is 0 Å². The van der Waals surface area contributed by atoms with E-state index in [0.717, 1.165) is 37.0 Å². The van der Waals surface area contributed by atoms with Gasteiger partial charge < -0.3 is 15.4 Å². The number of hydrogen-bond acceptors (Lipinski definition) is 5. The average molecular weight is 468 g/mol. The van der Waals surface area contributed by atoms with Gasteiger partial charge in [-0.15, -0.1) is 11.3 Å². The number of benzene rings is 2. The molecule has 0 radical (unpaired) electrons. The number of hydrogen-bond donors (Lipinski definition) is 2. The summed E-state index contributed by atoms with van der Waals surface area (Å²) in [5.41, 5.74) is 1.90. The largest absolute Gasteiger partial charge is 0.486 e. The van der Waals surface area contributed by atoms with Gasteiger partial charge in [-0.2, -0.15) is 0 Å². The molecular formula is C25H26FN3O3S. The van der Waals surface area contributed by atoms with Crippen LogP contribution in [0.25, 0.3) is 0 Å². The van der Waals surface area contributed by atoms with E-state index >= 15 is 0 Å². The molecule has 2 N–H and O–H groups in total. The van der Waals surface area contributed by atoms with Crippen LogP contribution in [0.15, 0.2) is 53.9 Å². The second-order valence-corrected chi connectivity index (χ2v) is 9.12. The highest BCUT2D eigenvalue weighted by molar-refractivity contribution is 7.09. The second kappa shape index (κ2) is 10.6. The zero-order valence-electron chi connectivity index (χ0n) is 18.3. The molecule has 172 valence electrons. The number of aryl methyl sites for hydroxylation is 1. The molecule has 1 saturated carbocycles. The molecule has 1 aromatic heterocycles. The molecule has 0 bridgehead atoms. The maximum atomic E-state index is 13.1. The van der Waals surface area contributed by atoms with E-state index in [2.05, 4.69) is 15.6 Å². The fourth-order valence-electron chi connectivity index (χ4n) is 3.83. The van der Waals surface area contributed by atoms with Gasteiger partial charge in [-0.25, -0.2) is 9.37 Å². The van der Waals surface area contributed by atoms with Gasteiger partial charge in [-0.3, -0.25) is 9.59 Å². The average Bonchev–Trinajstić information content (AvgIpc) is 3.30. The Hall–Kier alpha value is -3.26. The van der Waals surface area contributed by atoms with Crippen molar-refractivity contribution in [2.75, 3.05) is 0 Å². The summed E-state index contributed by atoms with van der Waals surface area (Å²) in [6, 6.07) is 12.8. The monoisotopic (exact) mass is 467 g/mol. The van der Waals surface area contributed by atoms with Gasteiger partial charge in [-0.1, -0.05) is 30.5 Å². The van der Waals surface area contributed by atoms with Crippen molar-refractivity contribution in [2.45, 2.75) is 51.3 Å². The SMILES string of the molecule is Cc1ccc(OCc2nc(C(=O)N[C@@H]3CCCC[C@H]3NC(=O)c3ccc(F)cc3)cs2)cc1. The maximum Gasteiger partial charge on any atom is 0.271 e. The third-order valence-electron chi connectivity index (χ3n) is 5.67. The lowest BCUT2D eigenvalue weighted by Crippen LogP contribution is -2.53. The molecule has 2 amide bonds. The lowest BCUT2D eigenvalue weighted by atomic mass is 9.90. The first kappa shape index (κ1) is 22.9. The van der Waals surface area contributed by atoms with Crippen molar-refractivity contribution < 1.29 is 18.7 Å². The predicted molar refractivity (Wildman–Crippen MR) is 125 cm³/mol. The third-order valence-corrected chi connectivity index (χ3v) is 6.50. The second-order valence-electron chi connectivity index (χ2n) is 8.18. The van der Waals surface area contributed by atoms with Crippen LogP contribution < -0.4 is 15.4 Å². The molecule has 3 aromatic rings. The summed E-state index contributed by atoms with van der Waals surface area (Å²) >= 11 is 1.37. The summed E-state index contributed by atoms with van der Waals surface area (Å²) in [6.07, 6.45) is 3.48. The van der Waals surface area contributed by atoms with Gasteiger partial charge in [0.25, 0.3) is 11.8 Å². The molecule has 4 rings (SSSR count). The highest BCUT2D eigenvalue weighted by Gasteiger charge is 2.29. The van der Waals surface area contributed by atoms with Crippen molar-refractivity contribution in [2.24, 2.45) is 0 Å². The Morgan fingerprint density at radius 1 is 1.00 bits per heavy atom. The van der Waals surface area contributed by atoms with Crippen LogP contribution in [-0.2, 0) is 6.61 Å². The van der Waals surface area contributed by atoms with E-state index in [0.29, 0.717) is 22.9 Å². The Labute approximate surface area is 196 Å². The summed E-state index contributed by atoms with van der Waals surface area (Å²) in [4.78, 5) is 29.8. The van der Waals surface area contributed by atoms with E-state index in [1.807, 2.05) is 31.2 Å². The standard InChI is InChI=1S/C25H26FN3O3S/c1-16-6-12-19(13-7-16)32-14-23-27-22(15-33-23)25(31)29-21-5-3-2-4-20(21)28-24(30)17-8-10-18(26)11-9-17/h6-13,15,20-21H,2-5,14H2,1H3,(H,28,30)(H,29,31)/t20-,21-/m1/s1. The Morgan fingerprint density at radius 3 is 2.30 bits per heavy atom. The number of halogens is 1. The van der Waals surface area contributed by atoms with Crippen LogP contribution in [0.3, 0.4) is 0 Å². The van der Waals surface area contributed by atoms with Gasteiger partial charge in [-0.05, 0) is 56.2 Å². The van der Waals surface area contributed by atoms with Crippen molar-refractivity contribution in [3.8, 4) is 5.75 Å². The van der Waals surface area contributed by atoms with E-state index in [1.54, 1.807) is 5.38 Å². The normalized spacial score (nSPS) is 17.9. The lowest BCUT2D eigenvalue weighted by molar-refractivity contribution is 0.0860. The number of rotatable bonds is 7. The van der Waals surface area contributed by atoms with E-state index < -0.39 is 0 Å². The molecule has 0 saturated heterocycles. The van der Waals surface area contributed by atoms with Crippen LogP contribution in [-0.4, -0.2) is 28.9 Å². The molecular weight excluding hydrogens is 441 g/mol. The van der Waals surface area contributed by atoms with Crippen molar-refractivity contribution >= 4 is 23.2 Å². The maximum absolute atomic E-state index is 13.1. The van der Waals surface area contributed by atoms with E-state index in [4.69, 9.17) is 4.74 Å². The van der Waals surface area contributed by atoms with Crippen LogP contribution in [0.2, 0.25) is 0 Å². The van der Waals surface area contributed by atoms with Crippen molar-refractivity contribution in [1.29, 1.82) is 0 Å². The highest BCUT2D eigenvalue weighted by Crippen LogP contribution is 2.21. The van der Waals surface area contributed by atoms with Crippen LogP contribution in [0.1, 0.15) is 57.1 Å². The van der Waals surface area contributed by atoms with Gasteiger partial charge in [0.1, 0.15) is 28.9 Å². The molecule has 1 heterocycles. The lowest BCUT2D eigenvalue weighted by Gasteiger charge is -2.32. The number of carbonyl (C=O) groups excluding carboxylic acids is 2. The number of ether oxygens (including phenoxy) is 1. The van der Waals surface area contributed by atoms with Crippen molar-refractivity contribution in [1.82, 2.24) is 15.6 Å². The van der Waals surface area contributed by atoms with Crippen LogP contribution >= 0.6 is 11.3 Å². The molecule has 2 atom stereocenters. The van der Waals surface area contributed by atoms with Gasteiger partial charge in [0, 0.05) is 23.0 Å². The number of nitrogens with zero attached hydrogens (tertiary/aromatic N) is 1. The fourth-order valence-corrected chi connectivity index (χ4v) is 4.52. The third kappa shape index (κ3) is 6.16. The molecule has 1 fully saturated rings. The predicted octanol–water partition coefficient (Wildman–Crippen LogP) is 4.64. The number of thiazole rings is 1. The molecule has 2 aromatic carbocycles. The van der Waals surface area contributed by atoms with Crippen LogP contribution in [0.5, 0.6) is 5.75 Å². The Bertz CT molecular complexity index is 1100. The van der Waals surface area contributed by atoms with E-state index in [1.165, 1.54) is 35.6 Å². The fraction of sp³-hybridized carbons (Fsp3) is 0.320. The van der Waals surface area contributed by atoms with Gasteiger partial charge in [0.05, 0.1) is 0 Å². The Morgan fingerprint density at radius 2 is 1.64 bits per heavy atom. The first-order valence-corrected chi connectivity index (χ1v) is 11.9. The minimum atomic E-state index is -0.388. The highest BCUT2D eigenvalue weighted by atomic mass is 32.1. The summed E-state index contributed by atoms with van der Waals surface area (Å²) in [7, 11) is 0. The smallest absolute Gasteiger partial charge is 0.271 e. The molecule has 1 aliphatic rings. The minimum absolute atomic E-state index is 0.190. The summed E-state index contributed by atoms with van der Waals surface area (Å²) in [5.74, 6) is -0.170. The first-order valence-electron chi connectivity index (χ1n) is 11.0. The summed E-state index contributed by atoms with van der Waals surface area (Å²) in [5, 5.41) is 8.46. The Balaban J connectivity index is 1.33. The molecule has 0 unspecified atom stereocenters. The molecule has 0 spiro atoms. The summed E-state index contributed by atoms with van der Waals surface area (Å²) < 4.78 is 18.9. The van der Waals surface area contributed by atoms with Crippen LogP contribution in [0.4, 0.5) is 4.39 Å². The Kier molecular flexibility index (Phi) is 7.34.